The highest BCUT2D eigenvalue weighted by molar-refractivity contribution is 5.84. The highest BCUT2D eigenvalue weighted by Crippen LogP contribution is 2.21. The van der Waals surface area contributed by atoms with Crippen LogP contribution in [0.5, 0.6) is 0 Å². The van der Waals surface area contributed by atoms with Crippen molar-refractivity contribution in [3.8, 4) is 0 Å². The van der Waals surface area contributed by atoms with E-state index in [4.69, 9.17) is 0 Å². The van der Waals surface area contributed by atoms with Crippen LogP contribution in [0.4, 0.5) is 5.69 Å². The SMILES string of the molecule is Cc1ccc2c(c1)CCC(=O)CN2. The molecule has 1 aliphatic heterocycles. The lowest BCUT2D eigenvalue weighted by Crippen LogP contribution is -2.10. The number of aryl methyl sites for hydroxylation is 2. The summed E-state index contributed by atoms with van der Waals surface area (Å²) in [6.07, 6.45) is 1.55. The van der Waals surface area contributed by atoms with Crippen LogP contribution in [0.1, 0.15) is 17.5 Å². The fraction of sp³-hybridized carbons (Fsp3) is 0.364. The summed E-state index contributed by atoms with van der Waals surface area (Å²) in [6.45, 7) is 2.56. The third kappa shape index (κ3) is 1.72. The molecule has 1 aliphatic rings. The molecular weight excluding hydrogens is 162 g/mol. The van der Waals surface area contributed by atoms with Crippen LogP contribution in [0.2, 0.25) is 0 Å². The maximum Gasteiger partial charge on any atom is 0.152 e. The van der Waals surface area contributed by atoms with Crippen LogP contribution in [0.25, 0.3) is 0 Å². The third-order valence-electron chi connectivity index (χ3n) is 2.41. The Hall–Kier alpha value is -1.31. The topological polar surface area (TPSA) is 29.1 Å². The summed E-state index contributed by atoms with van der Waals surface area (Å²) in [5.74, 6) is 0.300. The minimum absolute atomic E-state index is 0.300. The van der Waals surface area contributed by atoms with Crippen LogP contribution < -0.4 is 5.32 Å². The van der Waals surface area contributed by atoms with Crippen molar-refractivity contribution in [3.63, 3.8) is 0 Å². The van der Waals surface area contributed by atoms with E-state index in [2.05, 4.69) is 30.4 Å². The number of carbonyl (C=O) groups is 1. The molecule has 0 bridgehead atoms. The van der Waals surface area contributed by atoms with E-state index in [1.54, 1.807) is 0 Å². The van der Waals surface area contributed by atoms with Gasteiger partial charge < -0.3 is 5.32 Å². The summed E-state index contributed by atoms with van der Waals surface area (Å²) in [7, 11) is 0. The lowest BCUT2D eigenvalue weighted by atomic mass is 10.1. The molecule has 0 spiro atoms. The summed E-state index contributed by atoms with van der Waals surface area (Å²) in [4.78, 5) is 11.2. The van der Waals surface area contributed by atoms with Gasteiger partial charge in [0.05, 0.1) is 6.54 Å². The Morgan fingerprint density at radius 1 is 1.31 bits per heavy atom. The number of nitrogens with one attached hydrogen (secondary N) is 1. The Morgan fingerprint density at radius 3 is 3.00 bits per heavy atom. The van der Waals surface area contributed by atoms with Crippen LogP contribution >= 0.6 is 0 Å². The molecule has 0 amide bonds. The first-order chi connectivity index (χ1) is 6.25. The van der Waals surface area contributed by atoms with Crippen LogP contribution in [0, 0.1) is 6.92 Å². The monoisotopic (exact) mass is 175 g/mol. The number of carbonyl (C=O) groups excluding carboxylic acids is 1. The summed E-state index contributed by atoms with van der Waals surface area (Å²) < 4.78 is 0. The molecule has 0 atom stereocenters. The number of hydrogen-bond acceptors (Lipinski definition) is 2. The summed E-state index contributed by atoms with van der Waals surface area (Å²) in [5, 5.41) is 3.15. The second-order valence-electron chi connectivity index (χ2n) is 3.55. The van der Waals surface area contributed by atoms with Gasteiger partial charge in [-0.15, -0.1) is 0 Å². The van der Waals surface area contributed by atoms with E-state index in [-0.39, 0.29) is 0 Å². The average molecular weight is 175 g/mol. The molecule has 1 N–H and O–H groups in total. The molecule has 13 heavy (non-hydrogen) atoms. The Kier molecular flexibility index (Phi) is 2.05. The van der Waals surface area contributed by atoms with Crippen molar-refractivity contribution in [3.05, 3.63) is 29.3 Å². The smallest absolute Gasteiger partial charge is 0.152 e. The highest BCUT2D eigenvalue weighted by atomic mass is 16.1. The lowest BCUT2D eigenvalue weighted by molar-refractivity contribution is -0.117. The summed E-state index contributed by atoms with van der Waals surface area (Å²) >= 11 is 0. The minimum Gasteiger partial charge on any atom is -0.378 e. The molecule has 0 saturated heterocycles. The van der Waals surface area contributed by atoms with Gasteiger partial charge in [0.25, 0.3) is 0 Å². The van der Waals surface area contributed by atoms with E-state index in [9.17, 15) is 4.79 Å². The van der Waals surface area contributed by atoms with E-state index in [1.165, 1.54) is 11.1 Å². The maximum absolute atomic E-state index is 11.2. The number of fused-ring (bicyclic) bond motifs is 1. The first kappa shape index (κ1) is 8.30. The van der Waals surface area contributed by atoms with Crippen molar-refractivity contribution in [2.75, 3.05) is 11.9 Å². The summed E-state index contributed by atoms with van der Waals surface area (Å²) in [5.41, 5.74) is 3.65. The molecule has 1 heterocycles. The van der Waals surface area contributed by atoms with Gasteiger partial charge in [-0.1, -0.05) is 17.7 Å². The average Bonchev–Trinajstić information content (AvgIpc) is 2.29. The molecule has 2 nitrogen and oxygen atoms in total. The lowest BCUT2D eigenvalue weighted by Gasteiger charge is -2.06. The molecule has 0 unspecified atom stereocenters. The van der Waals surface area contributed by atoms with Crippen molar-refractivity contribution < 1.29 is 4.79 Å². The van der Waals surface area contributed by atoms with Gasteiger partial charge in [0, 0.05) is 12.1 Å². The molecule has 0 radical (unpaired) electrons. The molecule has 2 heteroatoms. The van der Waals surface area contributed by atoms with Gasteiger partial charge >= 0.3 is 0 Å². The van der Waals surface area contributed by atoms with Gasteiger partial charge in [-0.2, -0.15) is 0 Å². The molecule has 1 aromatic rings. The first-order valence-electron chi connectivity index (χ1n) is 4.61. The Balaban J connectivity index is 2.35. The molecule has 1 aromatic carbocycles. The quantitative estimate of drug-likeness (QED) is 0.652. The third-order valence-corrected chi connectivity index (χ3v) is 2.41. The minimum atomic E-state index is 0.300. The number of hydrogen-bond donors (Lipinski definition) is 1. The fourth-order valence-corrected chi connectivity index (χ4v) is 1.66. The molecule has 0 aliphatic carbocycles. The normalized spacial score (nSPS) is 15.9. The van der Waals surface area contributed by atoms with Gasteiger partial charge in [-0.3, -0.25) is 4.79 Å². The van der Waals surface area contributed by atoms with Crippen LogP contribution in [-0.2, 0) is 11.2 Å². The van der Waals surface area contributed by atoms with Crippen molar-refractivity contribution in [2.45, 2.75) is 19.8 Å². The van der Waals surface area contributed by atoms with E-state index in [0.717, 1.165) is 12.1 Å². The number of benzene rings is 1. The highest BCUT2D eigenvalue weighted by Gasteiger charge is 2.11. The zero-order valence-corrected chi connectivity index (χ0v) is 7.76. The number of anilines is 1. The van der Waals surface area contributed by atoms with Crippen molar-refractivity contribution in [2.24, 2.45) is 0 Å². The predicted octanol–water partition coefficient (Wildman–Crippen LogP) is 1.92. The van der Waals surface area contributed by atoms with Gasteiger partial charge in [0.2, 0.25) is 0 Å². The molecule has 0 aromatic heterocycles. The fourth-order valence-electron chi connectivity index (χ4n) is 1.66. The number of Topliss-reactive ketones (excluding diaryl/α,β-unsaturated/α-hetero) is 1. The van der Waals surface area contributed by atoms with E-state index >= 15 is 0 Å². The largest absolute Gasteiger partial charge is 0.378 e. The van der Waals surface area contributed by atoms with Gasteiger partial charge in [0.1, 0.15) is 0 Å². The number of ketones is 1. The van der Waals surface area contributed by atoms with Gasteiger partial charge in [-0.25, -0.2) is 0 Å². The zero-order valence-electron chi connectivity index (χ0n) is 7.76. The van der Waals surface area contributed by atoms with E-state index in [1.807, 2.05) is 0 Å². The molecular formula is C11H13NO. The standard InChI is InChI=1S/C11H13NO/c1-8-2-5-11-9(6-8)3-4-10(13)7-12-11/h2,5-6,12H,3-4,7H2,1H3. The van der Waals surface area contributed by atoms with E-state index in [0.29, 0.717) is 18.7 Å². The van der Waals surface area contributed by atoms with Crippen LogP contribution in [0.3, 0.4) is 0 Å². The van der Waals surface area contributed by atoms with Crippen molar-refractivity contribution in [1.29, 1.82) is 0 Å². The first-order valence-corrected chi connectivity index (χ1v) is 4.61. The Labute approximate surface area is 78.0 Å². The Bertz CT molecular complexity index is 344. The Morgan fingerprint density at radius 2 is 2.15 bits per heavy atom. The second kappa shape index (κ2) is 3.21. The van der Waals surface area contributed by atoms with E-state index < -0.39 is 0 Å². The zero-order chi connectivity index (χ0) is 9.26. The predicted molar refractivity (Wildman–Crippen MR) is 53.0 cm³/mol. The maximum atomic E-state index is 11.2. The molecule has 2 rings (SSSR count). The van der Waals surface area contributed by atoms with Gasteiger partial charge in [0.15, 0.2) is 5.78 Å². The molecule has 68 valence electrons. The summed E-state index contributed by atoms with van der Waals surface area (Å²) in [6, 6.07) is 6.28. The molecule has 0 fully saturated rings. The van der Waals surface area contributed by atoms with Crippen molar-refractivity contribution in [1.82, 2.24) is 0 Å². The second-order valence-corrected chi connectivity index (χ2v) is 3.55. The van der Waals surface area contributed by atoms with Gasteiger partial charge in [-0.05, 0) is 25.0 Å². The number of rotatable bonds is 0. The van der Waals surface area contributed by atoms with Crippen LogP contribution in [0.15, 0.2) is 18.2 Å². The van der Waals surface area contributed by atoms with Crippen LogP contribution in [-0.4, -0.2) is 12.3 Å². The molecule has 0 saturated carbocycles. The van der Waals surface area contributed by atoms with Crippen molar-refractivity contribution >= 4 is 11.5 Å².